The van der Waals surface area contributed by atoms with Crippen LogP contribution < -0.4 is 0 Å². The number of rotatable bonds is 4. The lowest BCUT2D eigenvalue weighted by molar-refractivity contribution is 0.282. The summed E-state index contributed by atoms with van der Waals surface area (Å²) in [6.45, 7) is 2.14. The van der Waals surface area contributed by atoms with Gasteiger partial charge in [-0.05, 0) is 29.2 Å². The summed E-state index contributed by atoms with van der Waals surface area (Å²) >= 11 is 3.04. The molecule has 1 aromatic carbocycles. The van der Waals surface area contributed by atoms with Crippen LogP contribution in [0.2, 0.25) is 0 Å². The molecular formula is C11H12N2OS2. The van der Waals surface area contributed by atoms with Crippen LogP contribution in [0.5, 0.6) is 0 Å². The van der Waals surface area contributed by atoms with Crippen LogP contribution >= 0.6 is 23.3 Å². The summed E-state index contributed by atoms with van der Waals surface area (Å²) in [5.74, 6) is 0.902. The predicted octanol–water partition coefficient (Wildman–Crippen LogP) is 2.74. The highest BCUT2D eigenvalue weighted by atomic mass is 32.2. The van der Waals surface area contributed by atoms with Gasteiger partial charge in [0.15, 0.2) is 4.34 Å². The molecule has 5 heteroatoms. The highest BCUT2D eigenvalue weighted by Gasteiger charge is 2.04. The lowest BCUT2D eigenvalue weighted by Gasteiger charge is -1.98. The van der Waals surface area contributed by atoms with Crippen molar-refractivity contribution in [2.45, 2.75) is 29.2 Å². The van der Waals surface area contributed by atoms with Crippen LogP contribution in [0, 0.1) is 0 Å². The summed E-state index contributed by atoms with van der Waals surface area (Å²) in [4.78, 5) is 5.51. The van der Waals surface area contributed by atoms with Crippen molar-refractivity contribution in [1.29, 1.82) is 0 Å². The van der Waals surface area contributed by atoms with E-state index in [4.69, 9.17) is 5.11 Å². The number of nitrogens with zero attached hydrogens (tertiary/aromatic N) is 2. The van der Waals surface area contributed by atoms with Gasteiger partial charge in [0.05, 0.1) is 6.61 Å². The monoisotopic (exact) mass is 252 g/mol. The van der Waals surface area contributed by atoms with Crippen LogP contribution in [-0.4, -0.2) is 14.5 Å². The van der Waals surface area contributed by atoms with E-state index in [0.717, 1.165) is 27.0 Å². The van der Waals surface area contributed by atoms with Gasteiger partial charge in [0.1, 0.15) is 5.82 Å². The van der Waals surface area contributed by atoms with Gasteiger partial charge in [0.2, 0.25) is 0 Å². The topological polar surface area (TPSA) is 46.0 Å². The van der Waals surface area contributed by atoms with E-state index in [1.807, 2.05) is 31.2 Å². The maximum Gasteiger partial charge on any atom is 0.174 e. The van der Waals surface area contributed by atoms with Gasteiger partial charge in [-0.15, -0.1) is 0 Å². The van der Waals surface area contributed by atoms with Crippen LogP contribution in [0.25, 0.3) is 0 Å². The molecule has 0 atom stereocenters. The summed E-state index contributed by atoms with van der Waals surface area (Å²) in [6, 6.07) is 7.82. The minimum absolute atomic E-state index is 0.0870. The Hall–Kier alpha value is -0.910. The summed E-state index contributed by atoms with van der Waals surface area (Å²) in [5.41, 5.74) is 0.927. The number of aryl methyl sites for hydroxylation is 1. The SMILES string of the molecule is CCc1nsc(Sc2ccc(CO)cc2)n1. The first-order valence-electron chi connectivity index (χ1n) is 5.02. The van der Waals surface area contributed by atoms with Crippen LogP contribution in [0.4, 0.5) is 0 Å². The number of aliphatic hydroxyl groups excluding tert-OH is 1. The molecule has 1 heterocycles. The van der Waals surface area contributed by atoms with E-state index >= 15 is 0 Å². The van der Waals surface area contributed by atoms with E-state index in [9.17, 15) is 0 Å². The van der Waals surface area contributed by atoms with Gasteiger partial charge in [-0.3, -0.25) is 0 Å². The van der Waals surface area contributed by atoms with E-state index in [2.05, 4.69) is 9.36 Å². The van der Waals surface area contributed by atoms with E-state index in [-0.39, 0.29) is 6.61 Å². The lowest BCUT2D eigenvalue weighted by Crippen LogP contribution is -1.82. The molecule has 0 unspecified atom stereocenters. The molecular weight excluding hydrogens is 240 g/mol. The zero-order valence-corrected chi connectivity index (χ0v) is 10.5. The third-order valence-electron chi connectivity index (χ3n) is 2.08. The minimum atomic E-state index is 0.0870. The Morgan fingerprint density at radius 1 is 1.31 bits per heavy atom. The maximum atomic E-state index is 8.93. The van der Waals surface area contributed by atoms with Crippen molar-refractivity contribution >= 4 is 23.3 Å². The predicted molar refractivity (Wildman–Crippen MR) is 65.8 cm³/mol. The molecule has 84 valence electrons. The van der Waals surface area contributed by atoms with Gasteiger partial charge < -0.3 is 5.11 Å². The maximum absolute atomic E-state index is 8.93. The largest absolute Gasteiger partial charge is 0.392 e. The minimum Gasteiger partial charge on any atom is -0.392 e. The molecule has 2 rings (SSSR count). The second-order valence-electron chi connectivity index (χ2n) is 3.23. The average Bonchev–Trinajstić information content (AvgIpc) is 2.78. The number of hydrogen-bond acceptors (Lipinski definition) is 5. The van der Waals surface area contributed by atoms with Crippen molar-refractivity contribution in [3.63, 3.8) is 0 Å². The van der Waals surface area contributed by atoms with Gasteiger partial charge in [0.25, 0.3) is 0 Å². The number of aromatic nitrogens is 2. The Morgan fingerprint density at radius 2 is 2.06 bits per heavy atom. The molecule has 0 fully saturated rings. The fraction of sp³-hybridized carbons (Fsp3) is 0.273. The Balaban J connectivity index is 2.08. The van der Waals surface area contributed by atoms with Gasteiger partial charge >= 0.3 is 0 Å². The highest BCUT2D eigenvalue weighted by Crippen LogP contribution is 2.29. The normalized spacial score (nSPS) is 10.6. The van der Waals surface area contributed by atoms with Crippen LogP contribution in [-0.2, 0) is 13.0 Å². The molecule has 2 aromatic rings. The van der Waals surface area contributed by atoms with E-state index in [0.29, 0.717) is 0 Å². The van der Waals surface area contributed by atoms with Crippen molar-refractivity contribution in [2.24, 2.45) is 0 Å². The van der Waals surface area contributed by atoms with Crippen molar-refractivity contribution in [2.75, 3.05) is 0 Å². The van der Waals surface area contributed by atoms with Gasteiger partial charge in [-0.2, -0.15) is 4.37 Å². The second kappa shape index (κ2) is 5.43. The third kappa shape index (κ3) is 2.81. The molecule has 0 saturated carbocycles. The van der Waals surface area contributed by atoms with Crippen LogP contribution in [0.3, 0.4) is 0 Å². The number of benzene rings is 1. The Kier molecular flexibility index (Phi) is 3.93. The molecule has 1 aromatic heterocycles. The molecule has 1 N–H and O–H groups in total. The molecule has 0 radical (unpaired) electrons. The standard InChI is InChI=1S/C11H12N2OS2/c1-2-10-12-11(16-13-10)15-9-5-3-8(7-14)4-6-9/h3-6,14H,2,7H2,1H3. The molecule has 0 spiro atoms. The zero-order valence-electron chi connectivity index (χ0n) is 8.88. The van der Waals surface area contributed by atoms with Crippen molar-refractivity contribution in [3.05, 3.63) is 35.7 Å². The molecule has 0 aliphatic rings. The van der Waals surface area contributed by atoms with Crippen molar-refractivity contribution in [1.82, 2.24) is 9.36 Å². The molecule has 3 nitrogen and oxygen atoms in total. The van der Waals surface area contributed by atoms with Crippen LogP contribution in [0.1, 0.15) is 18.3 Å². The molecule has 16 heavy (non-hydrogen) atoms. The van der Waals surface area contributed by atoms with E-state index < -0.39 is 0 Å². The fourth-order valence-electron chi connectivity index (χ4n) is 1.19. The highest BCUT2D eigenvalue weighted by molar-refractivity contribution is 8.01. The summed E-state index contributed by atoms with van der Waals surface area (Å²) in [7, 11) is 0. The van der Waals surface area contributed by atoms with Gasteiger partial charge in [-0.25, -0.2) is 4.98 Å². The first-order valence-corrected chi connectivity index (χ1v) is 6.61. The second-order valence-corrected chi connectivity index (χ2v) is 5.31. The van der Waals surface area contributed by atoms with E-state index in [1.54, 1.807) is 11.8 Å². The fourth-order valence-corrected chi connectivity index (χ4v) is 2.86. The van der Waals surface area contributed by atoms with Crippen LogP contribution in [0.15, 0.2) is 33.5 Å². The average molecular weight is 252 g/mol. The summed E-state index contributed by atoms with van der Waals surface area (Å²) in [6.07, 6.45) is 0.876. The summed E-state index contributed by atoms with van der Waals surface area (Å²) < 4.78 is 5.20. The number of aliphatic hydroxyl groups is 1. The van der Waals surface area contributed by atoms with E-state index in [1.165, 1.54) is 11.5 Å². The quantitative estimate of drug-likeness (QED) is 0.909. The lowest BCUT2D eigenvalue weighted by atomic mass is 10.2. The smallest absolute Gasteiger partial charge is 0.174 e. The Bertz CT molecular complexity index is 453. The third-order valence-corrected chi connectivity index (χ3v) is 3.87. The van der Waals surface area contributed by atoms with Crippen molar-refractivity contribution < 1.29 is 5.11 Å². The first kappa shape index (κ1) is 11.6. The molecule has 0 amide bonds. The molecule has 0 aliphatic heterocycles. The zero-order chi connectivity index (χ0) is 11.4. The molecule has 0 bridgehead atoms. The summed E-state index contributed by atoms with van der Waals surface area (Å²) in [5, 5.41) is 8.93. The first-order chi connectivity index (χ1) is 7.81. The Morgan fingerprint density at radius 3 is 2.62 bits per heavy atom. The van der Waals surface area contributed by atoms with Gasteiger partial charge in [-0.1, -0.05) is 30.8 Å². The number of hydrogen-bond donors (Lipinski definition) is 1. The molecule has 0 aliphatic carbocycles. The van der Waals surface area contributed by atoms with Crippen molar-refractivity contribution in [3.8, 4) is 0 Å². The van der Waals surface area contributed by atoms with Gasteiger partial charge in [0, 0.05) is 11.3 Å². The molecule has 0 saturated heterocycles. The Labute approximate surface area is 103 Å².